The number of ketones is 1. The molecule has 1 aromatic rings. The van der Waals surface area contributed by atoms with Gasteiger partial charge in [0, 0.05) is 18.4 Å². The van der Waals surface area contributed by atoms with E-state index in [1.54, 1.807) is 0 Å². The number of hydrogen-bond donors (Lipinski definition) is 1. The minimum absolute atomic E-state index is 0.135. The van der Waals surface area contributed by atoms with Crippen molar-refractivity contribution in [2.75, 3.05) is 6.54 Å². The number of carbonyl (C=O) groups is 1. The molecule has 5 heteroatoms. The third-order valence-corrected chi connectivity index (χ3v) is 4.23. The summed E-state index contributed by atoms with van der Waals surface area (Å²) in [6.45, 7) is 2.70. The Morgan fingerprint density at radius 3 is 2.62 bits per heavy atom. The first-order valence-corrected chi connectivity index (χ1v) is 8.13. The van der Waals surface area contributed by atoms with Crippen molar-refractivity contribution in [1.82, 2.24) is 0 Å². The molecular weight excluding hydrogens is 340 g/mol. The molecule has 0 fully saturated rings. The van der Waals surface area contributed by atoms with E-state index in [0.717, 1.165) is 25.7 Å². The van der Waals surface area contributed by atoms with E-state index in [9.17, 15) is 13.6 Å². The van der Waals surface area contributed by atoms with E-state index >= 15 is 0 Å². The molecule has 0 saturated heterocycles. The van der Waals surface area contributed by atoms with Crippen LogP contribution in [0.15, 0.2) is 16.6 Å². The number of halogens is 3. The molecule has 1 aromatic carbocycles. The first-order chi connectivity index (χ1) is 9.99. The maximum Gasteiger partial charge on any atom is 0.143 e. The van der Waals surface area contributed by atoms with Crippen molar-refractivity contribution >= 4 is 21.7 Å². The van der Waals surface area contributed by atoms with Gasteiger partial charge in [0.15, 0.2) is 0 Å². The summed E-state index contributed by atoms with van der Waals surface area (Å²) in [4.78, 5) is 12.0. The smallest absolute Gasteiger partial charge is 0.143 e. The van der Waals surface area contributed by atoms with Crippen LogP contribution in [0.3, 0.4) is 0 Å². The molecule has 0 amide bonds. The second-order valence-electron chi connectivity index (χ2n) is 5.31. The average Bonchev–Trinajstić information content (AvgIpc) is 2.45. The van der Waals surface area contributed by atoms with Crippen molar-refractivity contribution in [3.8, 4) is 0 Å². The van der Waals surface area contributed by atoms with E-state index in [2.05, 4.69) is 22.9 Å². The van der Waals surface area contributed by atoms with Crippen LogP contribution in [-0.2, 0) is 11.2 Å². The molecule has 0 heterocycles. The second-order valence-corrected chi connectivity index (χ2v) is 6.16. The highest BCUT2D eigenvalue weighted by atomic mass is 79.9. The van der Waals surface area contributed by atoms with Crippen molar-refractivity contribution in [1.29, 1.82) is 0 Å². The van der Waals surface area contributed by atoms with E-state index in [-0.39, 0.29) is 22.2 Å². The highest BCUT2D eigenvalue weighted by molar-refractivity contribution is 9.10. The van der Waals surface area contributed by atoms with Crippen molar-refractivity contribution < 1.29 is 13.6 Å². The Morgan fingerprint density at radius 1 is 1.29 bits per heavy atom. The molecule has 0 aromatic heterocycles. The van der Waals surface area contributed by atoms with Crippen molar-refractivity contribution in [2.24, 2.45) is 11.7 Å². The predicted octanol–water partition coefficient (Wildman–Crippen LogP) is 4.38. The fourth-order valence-electron chi connectivity index (χ4n) is 2.46. The summed E-state index contributed by atoms with van der Waals surface area (Å²) in [5, 5.41) is 0. The summed E-state index contributed by atoms with van der Waals surface area (Å²) in [5.41, 5.74) is 5.40. The van der Waals surface area contributed by atoms with Crippen LogP contribution in [0.2, 0.25) is 0 Å². The van der Waals surface area contributed by atoms with E-state index in [1.807, 2.05) is 0 Å². The average molecular weight is 362 g/mol. The molecule has 0 saturated carbocycles. The lowest BCUT2D eigenvalue weighted by atomic mass is 9.92. The van der Waals surface area contributed by atoms with E-state index in [1.165, 1.54) is 12.1 Å². The van der Waals surface area contributed by atoms with Crippen LogP contribution >= 0.6 is 15.9 Å². The molecule has 0 spiro atoms. The number of nitrogens with two attached hydrogens (primary N) is 1. The van der Waals surface area contributed by atoms with Crippen LogP contribution in [0.5, 0.6) is 0 Å². The van der Waals surface area contributed by atoms with Gasteiger partial charge in [0.05, 0.1) is 4.47 Å². The molecule has 1 atom stereocenters. The predicted molar refractivity (Wildman–Crippen MR) is 84.1 cm³/mol. The van der Waals surface area contributed by atoms with Crippen molar-refractivity contribution in [3.63, 3.8) is 0 Å². The van der Waals surface area contributed by atoms with Gasteiger partial charge >= 0.3 is 0 Å². The van der Waals surface area contributed by atoms with Crippen LogP contribution in [0.1, 0.15) is 44.6 Å². The van der Waals surface area contributed by atoms with Crippen LogP contribution in [-0.4, -0.2) is 12.3 Å². The molecule has 1 unspecified atom stereocenters. The zero-order valence-corrected chi connectivity index (χ0v) is 13.9. The number of Topliss-reactive ketones (excluding diaryl/α,β-unsaturated/α-hetero) is 1. The lowest BCUT2D eigenvalue weighted by Crippen LogP contribution is -2.13. The van der Waals surface area contributed by atoms with Crippen LogP contribution in [0, 0.1) is 17.6 Å². The Labute approximate surface area is 133 Å². The van der Waals surface area contributed by atoms with Gasteiger partial charge in [0.2, 0.25) is 0 Å². The first kappa shape index (κ1) is 18.2. The van der Waals surface area contributed by atoms with Gasteiger partial charge in [-0.3, -0.25) is 4.79 Å². The summed E-state index contributed by atoms with van der Waals surface area (Å²) in [6.07, 6.45) is 3.86. The Morgan fingerprint density at radius 2 is 2.00 bits per heavy atom. The number of rotatable bonds is 9. The molecule has 21 heavy (non-hydrogen) atoms. The Balaban J connectivity index is 2.60. The van der Waals surface area contributed by atoms with Gasteiger partial charge in [-0.05, 0) is 53.4 Å². The lowest BCUT2D eigenvalue weighted by molar-refractivity contribution is -0.118. The summed E-state index contributed by atoms with van der Waals surface area (Å²) < 4.78 is 27.6. The standard InChI is InChI=1S/C16H22BrF2NO/c1-2-3-11(8-9-20)4-5-12(21)10-13-15(18)7-6-14(17)16(13)19/h6-7,11H,2-5,8-10,20H2,1H3. The molecule has 0 radical (unpaired) electrons. The highest BCUT2D eigenvalue weighted by Crippen LogP contribution is 2.23. The highest BCUT2D eigenvalue weighted by Gasteiger charge is 2.17. The maximum absolute atomic E-state index is 13.8. The van der Waals surface area contributed by atoms with Crippen LogP contribution in [0.25, 0.3) is 0 Å². The van der Waals surface area contributed by atoms with Gasteiger partial charge in [-0.15, -0.1) is 0 Å². The minimum atomic E-state index is -0.685. The zero-order chi connectivity index (χ0) is 15.8. The number of benzene rings is 1. The minimum Gasteiger partial charge on any atom is -0.330 e. The molecule has 2 nitrogen and oxygen atoms in total. The fraction of sp³-hybridized carbons (Fsp3) is 0.562. The monoisotopic (exact) mass is 361 g/mol. The molecule has 0 aliphatic heterocycles. The third kappa shape index (κ3) is 5.83. The van der Waals surface area contributed by atoms with Crippen molar-refractivity contribution in [3.05, 3.63) is 33.8 Å². The number of hydrogen-bond acceptors (Lipinski definition) is 2. The molecule has 118 valence electrons. The Hall–Kier alpha value is -0.810. The quantitative estimate of drug-likeness (QED) is 0.663. The maximum atomic E-state index is 13.8. The van der Waals surface area contributed by atoms with Gasteiger partial charge < -0.3 is 5.73 Å². The largest absolute Gasteiger partial charge is 0.330 e. The molecule has 0 aliphatic rings. The Bertz CT molecular complexity index is 474. The lowest BCUT2D eigenvalue weighted by Gasteiger charge is -2.14. The van der Waals surface area contributed by atoms with Gasteiger partial charge in [-0.2, -0.15) is 0 Å². The van der Waals surface area contributed by atoms with Crippen LogP contribution < -0.4 is 5.73 Å². The summed E-state index contributed by atoms with van der Waals surface area (Å²) in [6, 6.07) is 2.47. The molecular formula is C16H22BrF2NO. The van der Waals surface area contributed by atoms with Crippen LogP contribution in [0.4, 0.5) is 8.78 Å². The van der Waals surface area contributed by atoms with E-state index < -0.39 is 11.6 Å². The molecule has 0 aliphatic carbocycles. The normalized spacial score (nSPS) is 12.4. The SMILES string of the molecule is CCCC(CCN)CCC(=O)Cc1c(F)ccc(Br)c1F. The summed E-state index contributed by atoms with van der Waals surface area (Å²) in [7, 11) is 0. The topological polar surface area (TPSA) is 43.1 Å². The van der Waals surface area contributed by atoms with E-state index in [4.69, 9.17) is 5.73 Å². The second kappa shape index (κ2) is 9.26. The van der Waals surface area contributed by atoms with Gasteiger partial charge in [0.1, 0.15) is 17.4 Å². The summed E-state index contributed by atoms with van der Waals surface area (Å²) in [5.74, 6) is -1.07. The molecule has 0 bridgehead atoms. The van der Waals surface area contributed by atoms with E-state index in [0.29, 0.717) is 18.9 Å². The van der Waals surface area contributed by atoms with Gasteiger partial charge in [-0.1, -0.05) is 19.8 Å². The Kier molecular flexibility index (Phi) is 8.04. The fourth-order valence-corrected chi connectivity index (χ4v) is 2.83. The molecule has 2 N–H and O–H groups in total. The van der Waals surface area contributed by atoms with Gasteiger partial charge in [-0.25, -0.2) is 8.78 Å². The zero-order valence-electron chi connectivity index (χ0n) is 12.3. The number of carbonyl (C=O) groups excluding carboxylic acids is 1. The third-order valence-electron chi connectivity index (χ3n) is 3.62. The van der Waals surface area contributed by atoms with Gasteiger partial charge in [0.25, 0.3) is 0 Å². The first-order valence-electron chi connectivity index (χ1n) is 7.33. The summed E-state index contributed by atoms with van der Waals surface area (Å²) >= 11 is 3.01. The molecule has 1 rings (SSSR count). The van der Waals surface area contributed by atoms with Crippen molar-refractivity contribution in [2.45, 2.75) is 45.4 Å².